The number of nitrogens with one attached hydrogen (secondary N) is 2. The van der Waals surface area contributed by atoms with Crippen LogP contribution in [0.2, 0.25) is 0 Å². The number of rotatable bonds is 5. The molecule has 1 aliphatic heterocycles. The van der Waals surface area contributed by atoms with Crippen molar-refractivity contribution in [3.63, 3.8) is 0 Å². The molecule has 1 heterocycles. The summed E-state index contributed by atoms with van der Waals surface area (Å²) in [7, 11) is 3.14. The number of alkyl carbamates (subject to hydrolysis) is 1. The molecule has 144 valence electrons. The fourth-order valence-electron chi connectivity index (χ4n) is 2.72. The molecular formula is C17H32N4O4. The Morgan fingerprint density at radius 1 is 1.20 bits per heavy atom. The highest BCUT2D eigenvalue weighted by Gasteiger charge is 2.36. The van der Waals surface area contributed by atoms with E-state index >= 15 is 0 Å². The quantitative estimate of drug-likeness (QED) is 0.333. The largest absolute Gasteiger partial charge is 0.469 e. The average molecular weight is 356 g/mol. The number of nitrogens with zero attached hydrogens (tertiary/aromatic N) is 2. The summed E-state index contributed by atoms with van der Waals surface area (Å²) in [4.78, 5) is 29.7. The van der Waals surface area contributed by atoms with Gasteiger partial charge in [0.15, 0.2) is 5.96 Å². The van der Waals surface area contributed by atoms with Gasteiger partial charge in [0.2, 0.25) is 0 Å². The Bertz CT molecular complexity index is 488. The highest BCUT2D eigenvalue weighted by atomic mass is 16.6. The van der Waals surface area contributed by atoms with Crippen molar-refractivity contribution < 1.29 is 19.1 Å². The van der Waals surface area contributed by atoms with Gasteiger partial charge in [0.05, 0.1) is 13.0 Å². The van der Waals surface area contributed by atoms with Crippen LogP contribution in [0, 0.1) is 11.8 Å². The van der Waals surface area contributed by atoms with Crippen molar-refractivity contribution in [3.8, 4) is 0 Å². The molecule has 0 saturated carbocycles. The van der Waals surface area contributed by atoms with Crippen molar-refractivity contribution in [1.82, 2.24) is 15.5 Å². The van der Waals surface area contributed by atoms with Gasteiger partial charge in [-0.2, -0.15) is 0 Å². The maximum Gasteiger partial charge on any atom is 0.407 e. The summed E-state index contributed by atoms with van der Waals surface area (Å²) >= 11 is 0. The highest BCUT2D eigenvalue weighted by Crippen LogP contribution is 2.23. The Labute approximate surface area is 150 Å². The smallest absolute Gasteiger partial charge is 0.407 e. The Kier molecular flexibility index (Phi) is 7.99. The van der Waals surface area contributed by atoms with Gasteiger partial charge < -0.3 is 25.0 Å². The SMILES string of the molecule is CN=C(NCCCNC(=O)OC(C)(C)C)N1CC(C)C(C(=O)OC)C1. The summed E-state index contributed by atoms with van der Waals surface area (Å²) in [5.41, 5.74) is -0.493. The number of carbonyl (C=O) groups is 2. The van der Waals surface area contributed by atoms with Crippen LogP contribution < -0.4 is 10.6 Å². The molecule has 0 spiro atoms. The third-order valence-corrected chi connectivity index (χ3v) is 3.93. The van der Waals surface area contributed by atoms with Crippen LogP contribution in [-0.4, -0.2) is 68.9 Å². The molecule has 0 aromatic rings. The van der Waals surface area contributed by atoms with Gasteiger partial charge >= 0.3 is 12.1 Å². The topological polar surface area (TPSA) is 92.3 Å². The first-order valence-electron chi connectivity index (χ1n) is 8.68. The van der Waals surface area contributed by atoms with Crippen LogP contribution in [0.25, 0.3) is 0 Å². The van der Waals surface area contributed by atoms with Gasteiger partial charge in [-0.15, -0.1) is 0 Å². The Hall–Kier alpha value is -1.99. The summed E-state index contributed by atoms with van der Waals surface area (Å²) in [6, 6.07) is 0. The molecule has 25 heavy (non-hydrogen) atoms. The predicted octanol–water partition coefficient (Wildman–Crippen LogP) is 1.22. The van der Waals surface area contributed by atoms with E-state index in [9.17, 15) is 9.59 Å². The molecular weight excluding hydrogens is 324 g/mol. The molecule has 0 aromatic heterocycles. The van der Waals surface area contributed by atoms with Gasteiger partial charge in [-0.1, -0.05) is 6.92 Å². The van der Waals surface area contributed by atoms with Gasteiger partial charge in [0, 0.05) is 33.2 Å². The zero-order chi connectivity index (χ0) is 19.0. The zero-order valence-electron chi connectivity index (χ0n) is 16.2. The van der Waals surface area contributed by atoms with Crippen molar-refractivity contribution in [2.45, 2.75) is 39.7 Å². The number of guanidine groups is 1. The number of hydrogen-bond acceptors (Lipinski definition) is 5. The number of amides is 1. The lowest BCUT2D eigenvalue weighted by Crippen LogP contribution is -2.41. The molecule has 2 atom stereocenters. The van der Waals surface area contributed by atoms with E-state index in [4.69, 9.17) is 9.47 Å². The monoisotopic (exact) mass is 356 g/mol. The summed E-state index contributed by atoms with van der Waals surface area (Å²) in [6.07, 6.45) is 0.327. The zero-order valence-corrected chi connectivity index (χ0v) is 16.2. The molecule has 1 aliphatic rings. The van der Waals surface area contributed by atoms with Gasteiger partial charge in [0.1, 0.15) is 5.60 Å². The first-order valence-corrected chi connectivity index (χ1v) is 8.68. The molecule has 2 N–H and O–H groups in total. The summed E-state index contributed by atoms with van der Waals surface area (Å²) in [5.74, 6) is 0.680. The van der Waals surface area contributed by atoms with Crippen LogP contribution in [0.15, 0.2) is 4.99 Å². The van der Waals surface area contributed by atoms with Crippen LogP contribution in [0.4, 0.5) is 4.79 Å². The molecule has 0 aliphatic carbocycles. The molecule has 0 radical (unpaired) electrons. The van der Waals surface area contributed by atoms with Crippen molar-refractivity contribution in [1.29, 1.82) is 0 Å². The molecule has 1 saturated heterocycles. The van der Waals surface area contributed by atoms with E-state index in [1.165, 1.54) is 7.11 Å². The summed E-state index contributed by atoms with van der Waals surface area (Å²) in [6.45, 7) is 10.1. The molecule has 1 amide bonds. The van der Waals surface area contributed by atoms with Gasteiger partial charge in [-0.3, -0.25) is 9.79 Å². The summed E-state index contributed by atoms with van der Waals surface area (Å²) in [5, 5.41) is 5.98. The van der Waals surface area contributed by atoms with E-state index in [1.54, 1.807) is 7.05 Å². The van der Waals surface area contributed by atoms with Crippen molar-refractivity contribution in [2.75, 3.05) is 40.3 Å². The Balaban J connectivity index is 2.32. The number of carbonyl (C=O) groups excluding carboxylic acids is 2. The van der Waals surface area contributed by atoms with Crippen LogP contribution in [0.1, 0.15) is 34.1 Å². The molecule has 2 unspecified atom stereocenters. The summed E-state index contributed by atoms with van der Waals surface area (Å²) < 4.78 is 10.0. The lowest BCUT2D eigenvalue weighted by Gasteiger charge is -2.22. The van der Waals surface area contributed by atoms with Crippen LogP contribution >= 0.6 is 0 Å². The Morgan fingerprint density at radius 2 is 1.84 bits per heavy atom. The maximum atomic E-state index is 11.8. The van der Waals surface area contributed by atoms with Gasteiger partial charge in [-0.05, 0) is 33.1 Å². The molecule has 1 fully saturated rings. The second kappa shape index (κ2) is 9.48. The second-order valence-corrected chi connectivity index (χ2v) is 7.27. The van der Waals surface area contributed by atoms with Crippen molar-refractivity contribution in [3.05, 3.63) is 0 Å². The average Bonchev–Trinajstić information content (AvgIpc) is 2.90. The predicted molar refractivity (Wildman–Crippen MR) is 96.5 cm³/mol. The van der Waals surface area contributed by atoms with E-state index in [-0.39, 0.29) is 17.8 Å². The second-order valence-electron chi connectivity index (χ2n) is 7.27. The Morgan fingerprint density at radius 3 is 2.40 bits per heavy atom. The molecule has 0 aromatic carbocycles. The van der Waals surface area contributed by atoms with E-state index in [2.05, 4.69) is 20.5 Å². The maximum absolute atomic E-state index is 11.8. The lowest BCUT2D eigenvalue weighted by molar-refractivity contribution is -0.145. The van der Waals surface area contributed by atoms with Crippen LogP contribution in [0.5, 0.6) is 0 Å². The number of methoxy groups -OCH3 is 1. The van der Waals surface area contributed by atoms with Gasteiger partial charge in [-0.25, -0.2) is 4.79 Å². The number of esters is 1. The fourth-order valence-corrected chi connectivity index (χ4v) is 2.72. The highest BCUT2D eigenvalue weighted by molar-refractivity contribution is 5.82. The normalized spacial score (nSPS) is 21.0. The molecule has 1 rings (SSSR count). The van der Waals surface area contributed by atoms with E-state index in [1.807, 2.05) is 27.7 Å². The first kappa shape index (κ1) is 21.1. The van der Waals surface area contributed by atoms with E-state index < -0.39 is 11.7 Å². The minimum atomic E-state index is -0.493. The van der Waals surface area contributed by atoms with Crippen LogP contribution in [-0.2, 0) is 14.3 Å². The molecule has 8 heteroatoms. The third kappa shape index (κ3) is 7.19. The van der Waals surface area contributed by atoms with Crippen molar-refractivity contribution >= 4 is 18.0 Å². The van der Waals surface area contributed by atoms with Crippen molar-refractivity contribution in [2.24, 2.45) is 16.8 Å². The van der Waals surface area contributed by atoms with E-state index in [0.29, 0.717) is 19.6 Å². The third-order valence-electron chi connectivity index (χ3n) is 3.93. The minimum absolute atomic E-state index is 0.127. The minimum Gasteiger partial charge on any atom is -0.469 e. The standard InChI is InChI=1S/C17H32N4O4/c1-12-10-21(11-13(12)14(22)24-6)15(18-5)19-8-7-9-20-16(23)25-17(2,3)4/h12-13H,7-11H2,1-6H3,(H,18,19)(H,20,23). The van der Waals surface area contributed by atoms with Crippen LogP contribution in [0.3, 0.4) is 0 Å². The number of hydrogen-bond donors (Lipinski definition) is 2. The van der Waals surface area contributed by atoms with Gasteiger partial charge in [0.25, 0.3) is 0 Å². The molecule has 0 bridgehead atoms. The number of aliphatic imine (C=N–C) groups is 1. The number of ether oxygens (including phenoxy) is 2. The lowest BCUT2D eigenvalue weighted by atomic mass is 9.99. The fraction of sp³-hybridized carbons (Fsp3) is 0.824. The molecule has 8 nitrogen and oxygen atoms in total. The van der Waals surface area contributed by atoms with E-state index in [0.717, 1.165) is 18.9 Å². The first-order chi connectivity index (χ1) is 11.7. The number of likely N-dealkylation sites (tertiary alicyclic amines) is 1.